The van der Waals surface area contributed by atoms with E-state index in [1.54, 1.807) is 6.07 Å². The van der Waals surface area contributed by atoms with Gasteiger partial charge in [0.2, 0.25) is 5.95 Å². The van der Waals surface area contributed by atoms with Gasteiger partial charge in [-0.15, -0.1) is 0 Å². The second-order valence-corrected chi connectivity index (χ2v) is 8.73. The number of benzene rings is 1. The normalized spacial score (nSPS) is 17.7. The van der Waals surface area contributed by atoms with Crippen molar-refractivity contribution in [1.82, 2.24) is 19.8 Å². The summed E-state index contributed by atoms with van der Waals surface area (Å²) in [5.41, 5.74) is 2.67. The number of piperazine rings is 2. The summed E-state index contributed by atoms with van der Waals surface area (Å²) < 4.78 is 0. The Labute approximate surface area is 188 Å². The van der Waals surface area contributed by atoms with Crippen molar-refractivity contribution in [2.24, 2.45) is 0 Å². The highest BCUT2D eigenvalue weighted by molar-refractivity contribution is 6.31. The van der Waals surface area contributed by atoms with Crippen LogP contribution in [0.4, 0.5) is 22.2 Å². The van der Waals surface area contributed by atoms with Gasteiger partial charge in [0, 0.05) is 74.8 Å². The van der Waals surface area contributed by atoms with E-state index < -0.39 is 0 Å². The van der Waals surface area contributed by atoms with Gasteiger partial charge in [-0.2, -0.15) is 4.98 Å². The van der Waals surface area contributed by atoms with Crippen LogP contribution in [0.15, 0.2) is 24.3 Å². The zero-order valence-electron chi connectivity index (χ0n) is 18.4. The van der Waals surface area contributed by atoms with Crippen molar-refractivity contribution >= 4 is 35.1 Å². The average molecular weight is 444 g/mol. The third-order valence-electron chi connectivity index (χ3n) is 5.93. The molecular weight excluding hydrogens is 414 g/mol. The summed E-state index contributed by atoms with van der Waals surface area (Å²) in [4.78, 5) is 30.8. The first-order valence-electron chi connectivity index (χ1n) is 10.8. The van der Waals surface area contributed by atoms with Gasteiger partial charge in [-0.25, -0.2) is 9.78 Å². The van der Waals surface area contributed by atoms with Gasteiger partial charge in [0.25, 0.3) is 0 Å². The molecule has 3 heterocycles. The molecule has 166 valence electrons. The van der Waals surface area contributed by atoms with E-state index in [-0.39, 0.29) is 6.03 Å². The van der Waals surface area contributed by atoms with Crippen LogP contribution in [0.1, 0.15) is 11.3 Å². The molecule has 0 aliphatic carbocycles. The monoisotopic (exact) mass is 443 g/mol. The number of urea groups is 1. The number of aromatic nitrogens is 2. The van der Waals surface area contributed by atoms with Gasteiger partial charge < -0.3 is 24.9 Å². The van der Waals surface area contributed by atoms with E-state index in [1.807, 2.05) is 30.9 Å². The largest absolute Gasteiger partial charge is 0.354 e. The van der Waals surface area contributed by atoms with Crippen LogP contribution in [-0.4, -0.2) is 85.2 Å². The number of halogens is 1. The molecule has 1 N–H and O–H groups in total. The number of carbonyl (C=O) groups excluding carboxylic acids is 1. The summed E-state index contributed by atoms with van der Waals surface area (Å²) in [6, 6.07) is 7.51. The Kier molecular flexibility index (Phi) is 6.48. The molecule has 31 heavy (non-hydrogen) atoms. The van der Waals surface area contributed by atoms with E-state index in [9.17, 15) is 4.79 Å². The van der Waals surface area contributed by atoms with Gasteiger partial charge in [-0.3, -0.25) is 0 Å². The van der Waals surface area contributed by atoms with E-state index in [0.29, 0.717) is 36.9 Å². The van der Waals surface area contributed by atoms with Crippen molar-refractivity contribution < 1.29 is 4.79 Å². The van der Waals surface area contributed by atoms with Gasteiger partial charge >= 0.3 is 6.03 Å². The predicted octanol–water partition coefficient (Wildman–Crippen LogP) is 2.85. The lowest BCUT2D eigenvalue weighted by Gasteiger charge is -2.36. The summed E-state index contributed by atoms with van der Waals surface area (Å²) in [6.07, 6.45) is 0. The Hall–Kier alpha value is -2.58. The lowest BCUT2D eigenvalue weighted by molar-refractivity contribution is 0.208. The number of nitrogens with zero attached hydrogens (tertiary/aromatic N) is 6. The van der Waals surface area contributed by atoms with Gasteiger partial charge in [0.1, 0.15) is 5.82 Å². The first kappa shape index (κ1) is 21.6. The van der Waals surface area contributed by atoms with Crippen molar-refractivity contribution in [3.05, 3.63) is 40.5 Å². The highest BCUT2D eigenvalue weighted by Crippen LogP contribution is 2.22. The van der Waals surface area contributed by atoms with Crippen molar-refractivity contribution in [3.63, 3.8) is 0 Å². The van der Waals surface area contributed by atoms with Crippen LogP contribution >= 0.6 is 11.6 Å². The van der Waals surface area contributed by atoms with Crippen LogP contribution in [0.3, 0.4) is 0 Å². The summed E-state index contributed by atoms with van der Waals surface area (Å²) in [7, 11) is 2.15. The number of hydrogen-bond donors (Lipinski definition) is 1. The molecule has 2 aliphatic rings. The number of amides is 2. The summed E-state index contributed by atoms with van der Waals surface area (Å²) in [6.45, 7) is 10.6. The minimum atomic E-state index is -0.108. The van der Waals surface area contributed by atoms with Crippen molar-refractivity contribution in [3.8, 4) is 0 Å². The topological polar surface area (TPSA) is 67.8 Å². The van der Waals surface area contributed by atoms with Crippen molar-refractivity contribution in [1.29, 1.82) is 0 Å². The molecule has 2 fully saturated rings. The average Bonchev–Trinajstić information content (AvgIpc) is 2.76. The molecule has 1 aromatic carbocycles. The van der Waals surface area contributed by atoms with Gasteiger partial charge in [0.05, 0.1) is 0 Å². The molecule has 0 bridgehead atoms. The second-order valence-electron chi connectivity index (χ2n) is 8.33. The fraction of sp³-hybridized carbons (Fsp3) is 0.500. The molecule has 9 heteroatoms. The molecular formula is C22H30ClN7O. The van der Waals surface area contributed by atoms with E-state index in [0.717, 1.165) is 49.2 Å². The standard InChI is InChI=1S/C22H30ClN7O/c1-16-4-5-18(15-19(16)23)25-22(31)30-12-10-29(11-13-30)21-24-17(2)14-20(26-21)28-8-6-27(3)7-9-28/h4-5,14-15H,6-13H2,1-3H3,(H,25,31). The van der Waals surface area contributed by atoms with Gasteiger partial charge in [-0.1, -0.05) is 17.7 Å². The fourth-order valence-electron chi connectivity index (χ4n) is 3.86. The summed E-state index contributed by atoms with van der Waals surface area (Å²) in [5.74, 6) is 1.74. The molecule has 4 rings (SSSR count). The molecule has 0 spiro atoms. The Morgan fingerprint density at radius 2 is 1.61 bits per heavy atom. The van der Waals surface area contributed by atoms with E-state index in [2.05, 4.69) is 38.1 Å². The molecule has 2 aromatic rings. The fourth-order valence-corrected chi connectivity index (χ4v) is 4.04. The minimum Gasteiger partial charge on any atom is -0.354 e. The predicted molar refractivity (Wildman–Crippen MR) is 125 cm³/mol. The smallest absolute Gasteiger partial charge is 0.321 e. The minimum absolute atomic E-state index is 0.108. The lowest BCUT2D eigenvalue weighted by atomic mass is 10.2. The Balaban J connectivity index is 1.37. The zero-order valence-corrected chi connectivity index (χ0v) is 19.2. The second kappa shape index (κ2) is 9.28. The maximum atomic E-state index is 12.7. The molecule has 8 nitrogen and oxygen atoms in total. The number of hydrogen-bond acceptors (Lipinski definition) is 6. The third-order valence-corrected chi connectivity index (χ3v) is 6.34. The number of rotatable bonds is 3. The number of carbonyl (C=O) groups is 1. The number of nitrogens with one attached hydrogen (secondary N) is 1. The Morgan fingerprint density at radius 3 is 2.29 bits per heavy atom. The SMILES string of the molecule is Cc1cc(N2CCN(C)CC2)nc(N2CCN(C(=O)Nc3ccc(C)c(Cl)c3)CC2)n1. The highest BCUT2D eigenvalue weighted by atomic mass is 35.5. The van der Waals surface area contributed by atoms with Crippen LogP contribution in [-0.2, 0) is 0 Å². The first-order valence-corrected chi connectivity index (χ1v) is 11.1. The highest BCUT2D eigenvalue weighted by Gasteiger charge is 2.24. The van der Waals surface area contributed by atoms with Crippen LogP contribution in [0.5, 0.6) is 0 Å². The van der Waals surface area contributed by atoms with Crippen molar-refractivity contribution in [2.75, 3.05) is 74.5 Å². The van der Waals surface area contributed by atoms with Crippen LogP contribution < -0.4 is 15.1 Å². The molecule has 1 aromatic heterocycles. The summed E-state index contributed by atoms with van der Waals surface area (Å²) in [5, 5.41) is 3.59. The number of likely N-dealkylation sites (N-methyl/N-ethyl adjacent to an activating group) is 1. The maximum absolute atomic E-state index is 12.7. The molecule has 0 atom stereocenters. The van der Waals surface area contributed by atoms with Gasteiger partial charge in [-0.05, 0) is 38.6 Å². The van der Waals surface area contributed by atoms with E-state index >= 15 is 0 Å². The number of aryl methyl sites for hydroxylation is 2. The molecule has 0 saturated carbocycles. The third kappa shape index (κ3) is 5.19. The Morgan fingerprint density at radius 1 is 0.935 bits per heavy atom. The van der Waals surface area contributed by atoms with E-state index in [1.165, 1.54) is 0 Å². The molecule has 0 unspecified atom stereocenters. The molecule has 2 saturated heterocycles. The van der Waals surface area contributed by atoms with Crippen LogP contribution in [0.2, 0.25) is 5.02 Å². The van der Waals surface area contributed by atoms with Crippen molar-refractivity contribution in [2.45, 2.75) is 13.8 Å². The first-order chi connectivity index (χ1) is 14.9. The lowest BCUT2D eigenvalue weighted by Crippen LogP contribution is -2.50. The molecule has 2 amide bonds. The van der Waals surface area contributed by atoms with E-state index in [4.69, 9.17) is 16.6 Å². The van der Waals surface area contributed by atoms with Gasteiger partial charge in [0.15, 0.2) is 0 Å². The van der Waals surface area contributed by atoms with Crippen LogP contribution in [0, 0.1) is 13.8 Å². The Bertz CT molecular complexity index is 937. The van der Waals surface area contributed by atoms with Crippen LogP contribution in [0.25, 0.3) is 0 Å². The zero-order chi connectivity index (χ0) is 22.0. The summed E-state index contributed by atoms with van der Waals surface area (Å²) >= 11 is 6.17. The molecule has 2 aliphatic heterocycles. The quantitative estimate of drug-likeness (QED) is 0.786. The maximum Gasteiger partial charge on any atom is 0.321 e. The number of anilines is 3. The molecule has 0 radical (unpaired) electrons.